The highest BCUT2D eigenvalue weighted by molar-refractivity contribution is 7.91. The van der Waals surface area contributed by atoms with Crippen LogP contribution in [0.15, 0.2) is 95.4 Å². The molecule has 0 amide bonds. The van der Waals surface area contributed by atoms with Gasteiger partial charge in [0.15, 0.2) is 17.5 Å². The highest BCUT2D eigenvalue weighted by Crippen LogP contribution is 2.37. The number of hydrogen-bond donors (Lipinski definition) is 1. The van der Waals surface area contributed by atoms with Gasteiger partial charge in [0.1, 0.15) is 11.5 Å². The van der Waals surface area contributed by atoms with Crippen molar-refractivity contribution in [2.45, 2.75) is 6.54 Å². The van der Waals surface area contributed by atoms with E-state index in [1.54, 1.807) is 47.0 Å². The zero-order chi connectivity index (χ0) is 25.7. The summed E-state index contributed by atoms with van der Waals surface area (Å²) in [6, 6.07) is 26.5. The van der Waals surface area contributed by atoms with E-state index in [1.165, 1.54) is 6.07 Å². The first-order valence-corrected chi connectivity index (χ1v) is 13.1. The third-order valence-electron chi connectivity index (χ3n) is 6.18. The van der Waals surface area contributed by atoms with Crippen molar-refractivity contribution in [2.75, 3.05) is 4.31 Å². The molecule has 0 spiro atoms. The van der Waals surface area contributed by atoms with Gasteiger partial charge in [-0.3, -0.25) is 4.57 Å². The van der Waals surface area contributed by atoms with E-state index < -0.39 is 16.0 Å². The maximum atomic E-state index is 15.1. The van der Waals surface area contributed by atoms with Gasteiger partial charge in [-0.1, -0.05) is 66.2 Å². The Labute approximate surface area is 217 Å². The topological polar surface area (TPSA) is 93.6 Å². The molecule has 2 N–H and O–H groups in total. The monoisotopic (exact) mass is 531 g/mol. The van der Waals surface area contributed by atoms with Gasteiger partial charge in [-0.25, -0.2) is 13.7 Å². The molecule has 2 heterocycles. The second-order valence-electron chi connectivity index (χ2n) is 8.54. The Hall–Kier alpha value is -4.21. The maximum Gasteiger partial charge on any atom is 0.348 e. The van der Waals surface area contributed by atoms with E-state index >= 15 is 4.39 Å². The number of imidazole rings is 1. The van der Waals surface area contributed by atoms with Crippen LogP contribution in [0.5, 0.6) is 0 Å². The minimum absolute atomic E-state index is 0.0608. The Bertz CT molecular complexity index is 1820. The number of rotatable bonds is 4. The number of hydrogen-bond acceptors (Lipinski definition) is 4. The van der Waals surface area contributed by atoms with Gasteiger partial charge >= 0.3 is 10.2 Å². The van der Waals surface area contributed by atoms with Crippen LogP contribution in [0.4, 0.5) is 10.2 Å². The third kappa shape index (κ3) is 4.02. The smallest absolute Gasteiger partial charge is 0.348 e. The Kier molecular flexibility index (Phi) is 5.47. The fraction of sp³-hybridized carbons (Fsp3) is 0.0370. The predicted molar refractivity (Wildman–Crippen MR) is 144 cm³/mol. The van der Waals surface area contributed by atoms with Crippen molar-refractivity contribution in [3.63, 3.8) is 0 Å². The molecular weight excluding hydrogens is 513 g/mol. The minimum atomic E-state index is -4.21. The lowest BCUT2D eigenvalue weighted by Gasteiger charge is -2.25. The Morgan fingerprint density at radius 3 is 2.35 bits per heavy atom. The fourth-order valence-electron chi connectivity index (χ4n) is 4.44. The standard InChI is InChI=1S/C27H19ClFN5O2S/c28-20-12-9-17(10-13-20)16-33-27-24(25(30)32-37(33,35)36)34(26(31-27)22-7-3-4-8-23(22)29)21-14-11-18-5-1-2-6-19(18)15-21/h1-15H,16H2,(H2,30,32). The summed E-state index contributed by atoms with van der Waals surface area (Å²) in [6.07, 6.45) is 0. The Morgan fingerprint density at radius 1 is 0.892 bits per heavy atom. The predicted octanol–water partition coefficient (Wildman–Crippen LogP) is 5.46. The largest absolute Gasteiger partial charge is 0.381 e. The molecule has 1 aliphatic heterocycles. The lowest BCUT2D eigenvalue weighted by molar-refractivity contribution is 0.591. The molecule has 0 saturated carbocycles. The molecule has 0 bridgehead atoms. The molecule has 4 aromatic carbocycles. The molecule has 5 aromatic rings. The fourth-order valence-corrected chi connectivity index (χ4v) is 5.66. The van der Waals surface area contributed by atoms with Crippen LogP contribution in [0.3, 0.4) is 0 Å². The van der Waals surface area contributed by atoms with E-state index in [4.69, 9.17) is 17.3 Å². The van der Waals surface area contributed by atoms with Crippen molar-refractivity contribution < 1.29 is 12.8 Å². The number of nitrogens with two attached hydrogens (primary N) is 1. The number of nitrogens with zero attached hydrogens (tertiary/aromatic N) is 4. The third-order valence-corrected chi connectivity index (χ3v) is 7.71. The summed E-state index contributed by atoms with van der Waals surface area (Å²) >= 11 is 6.01. The highest BCUT2D eigenvalue weighted by atomic mass is 35.5. The number of benzene rings is 4. The van der Waals surface area contributed by atoms with E-state index in [-0.39, 0.29) is 35.3 Å². The summed E-state index contributed by atoms with van der Waals surface area (Å²) in [4.78, 5) is 4.66. The van der Waals surface area contributed by atoms with Crippen molar-refractivity contribution in [1.82, 2.24) is 9.55 Å². The number of amidine groups is 1. The summed E-state index contributed by atoms with van der Waals surface area (Å²) in [5.41, 5.74) is 8.01. The summed E-state index contributed by atoms with van der Waals surface area (Å²) in [5.74, 6) is -0.469. The van der Waals surface area contributed by atoms with Crippen LogP contribution >= 0.6 is 11.6 Å². The van der Waals surface area contributed by atoms with Crippen molar-refractivity contribution in [3.8, 4) is 17.1 Å². The van der Waals surface area contributed by atoms with Crippen LogP contribution in [-0.4, -0.2) is 23.8 Å². The molecule has 0 saturated heterocycles. The van der Waals surface area contributed by atoms with Crippen molar-refractivity contribution >= 4 is 44.2 Å². The van der Waals surface area contributed by atoms with E-state index in [0.717, 1.165) is 15.1 Å². The lowest BCUT2D eigenvalue weighted by Crippen LogP contribution is -2.37. The molecule has 6 rings (SSSR count). The summed E-state index contributed by atoms with van der Waals surface area (Å²) < 4.78 is 48.0. The summed E-state index contributed by atoms with van der Waals surface area (Å²) in [5, 5.41) is 2.48. The first kappa shape index (κ1) is 23.2. The SMILES string of the molecule is NC1=NS(=O)(=O)N(Cc2ccc(Cl)cc2)c2nc(-c3ccccc3F)n(-c3ccc4ccccc4c3)c21. The van der Waals surface area contributed by atoms with Gasteiger partial charge < -0.3 is 5.73 Å². The molecule has 0 fully saturated rings. The number of anilines is 1. The van der Waals surface area contributed by atoms with Crippen molar-refractivity contribution in [1.29, 1.82) is 0 Å². The molecule has 1 aliphatic rings. The first-order chi connectivity index (χ1) is 17.8. The van der Waals surface area contributed by atoms with E-state index in [9.17, 15) is 8.42 Å². The molecule has 0 aliphatic carbocycles. The van der Waals surface area contributed by atoms with E-state index in [2.05, 4.69) is 9.38 Å². The molecular formula is C27H19ClFN5O2S. The van der Waals surface area contributed by atoms with Crippen molar-refractivity contribution in [3.05, 3.63) is 113 Å². The van der Waals surface area contributed by atoms with Crippen LogP contribution in [0.2, 0.25) is 5.02 Å². The lowest BCUT2D eigenvalue weighted by atomic mass is 10.1. The van der Waals surface area contributed by atoms with Gasteiger partial charge in [0.05, 0.1) is 12.1 Å². The van der Waals surface area contributed by atoms with Gasteiger partial charge in [-0.05, 0) is 52.7 Å². The average Bonchev–Trinajstić information content (AvgIpc) is 3.28. The molecule has 37 heavy (non-hydrogen) atoms. The number of aromatic nitrogens is 2. The van der Waals surface area contributed by atoms with Gasteiger partial charge in [-0.2, -0.15) is 8.42 Å². The van der Waals surface area contributed by atoms with Crippen molar-refractivity contribution in [2.24, 2.45) is 10.1 Å². The van der Waals surface area contributed by atoms with Crippen LogP contribution in [0.25, 0.3) is 27.8 Å². The minimum Gasteiger partial charge on any atom is -0.381 e. The van der Waals surface area contributed by atoms with Crippen LogP contribution in [-0.2, 0) is 16.8 Å². The van der Waals surface area contributed by atoms with Gasteiger partial charge in [0.2, 0.25) is 0 Å². The van der Waals surface area contributed by atoms with Gasteiger partial charge in [-0.15, -0.1) is 4.40 Å². The number of halogens is 2. The van der Waals surface area contributed by atoms with Crippen LogP contribution < -0.4 is 10.0 Å². The van der Waals surface area contributed by atoms with Gasteiger partial charge in [0, 0.05) is 10.7 Å². The van der Waals surface area contributed by atoms with Crippen LogP contribution in [0.1, 0.15) is 11.3 Å². The first-order valence-electron chi connectivity index (χ1n) is 11.3. The molecule has 0 radical (unpaired) electrons. The summed E-state index contributed by atoms with van der Waals surface area (Å²) in [7, 11) is -4.21. The zero-order valence-electron chi connectivity index (χ0n) is 19.2. The summed E-state index contributed by atoms with van der Waals surface area (Å²) in [6.45, 7) is -0.0608. The highest BCUT2D eigenvalue weighted by Gasteiger charge is 2.37. The Morgan fingerprint density at radius 2 is 1.59 bits per heavy atom. The molecule has 7 nitrogen and oxygen atoms in total. The molecule has 0 atom stereocenters. The molecule has 0 unspecified atom stereocenters. The van der Waals surface area contributed by atoms with Crippen LogP contribution in [0, 0.1) is 5.82 Å². The Balaban J connectivity index is 1.63. The normalized spacial score (nSPS) is 14.4. The van der Waals surface area contributed by atoms with E-state index in [1.807, 2.05) is 42.5 Å². The second-order valence-corrected chi connectivity index (χ2v) is 10.5. The quantitative estimate of drug-likeness (QED) is 0.333. The van der Waals surface area contributed by atoms with E-state index in [0.29, 0.717) is 16.3 Å². The number of fused-ring (bicyclic) bond motifs is 2. The molecule has 10 heteroatoms. The maximum absolute atomic E-state index is 15.1. The zero-order valence-corrected chi connectivity index (χ0v) is 20.8. The van der Waals surface area contributed by atoms with Gasteiger partial charge in [0.25, 0.3) is 0 Å². The average molecular weight is 532 g/mol. The molecule has 184 valence electrons. The second kappa shape index (κ2) is 8.72. The molecule has 1 aromatic heterocycles.